The highest BCUT2D eigenvalue weighted by Crippen LogP contribution is 2.35. The van der Waals surface area contributed by atoms with Gasteiger partial charge in [0.25, 0.3) is 5.91 Å². The third kappa shape index (κ3) is 4.79. The number of anilines is 1. The van der Waals surface area contributed by atoms with Crippen molar-refractivity contribution >= 4 is 21.6 Å². The summed E-state index contributed by atoms with van der Waals surface area (Å²) in [6, 6.07) is 10.6. The fraction of sp³-hybridized carbons (Fsp3) is 0.435. The highest BCUT2D eigenvalue weighted by Gasteiger charge is 2.35. The number of aryl methyl sites for hydroxylation is 1. The number of amides is 1. The maximum absolute atomic E-state index is 13.0. The van der Waals surface area contributed by atoms with Gasteiger partial charge in [-0.2, -0.15) is 0 Å². The average Bonchev–Trinajstić information content (AvgIpc) is 2.71. The molecule has 168 valence electrons. The van der Waals surface area contributed by atoms with E-state index in [2.05, 4.69) is 25.2 Å². The Labute approximate surface area is 184 Å². The van der Waals surface area contributed by atoms with Crippen LogP contribution < -0.4 is 19.1 Å². The number of ether oxygens (including phenoxy) is 2. The van der Waals surface area contributed by atoms with Gasteiger partial charge in [0.05, 0.1) is 31.6 Å². The van der Waals surface area contributed by atoms with Crippen LogP contribution in [0.25, 0.3) is 0 Å². The molecule has 1 amide bonds. The quantitative estimate of drug-likeness (QED) is 0.734. The van der Waals surface area contributed by atoms with Crippen molar-refractivity contribution in [3.63, 3.8) is 0 Å². The summed E-state index contributed by atoms with van der Waals surface area (Å²) in [7, 11) is -1.91. The molecule has 2 aromatic rings. The zero-order chi connectivity index (χ0) is 22.9. The third-order valence-corrected chi connectivity index (χ3v) is 6.64. The van der Waals surface area contributed by atoms with E-state index in [1.165, 1.54) is 4.31 Å². The Bertz CT molecular complexity index is 1080. The summed E-state index contributed by atoms with van der Waals surface area (Å²) in [5.41, 5.74) is 3.49. The molecule has 1 N–H and O–H groups in total. The van der Waals surface area contributed by atoms with Gasteiger partial charge < -0.3 is 14.8 Å². The summed E-state index contributed by atoms with van der Waals surface area (Å²) in [5.74, 6) is 1.09. The van der Waals surface area contributed by atoms with Crippen LogP contribution in [0.4, 0.5) is 5.69 Å². The molecule has 7 nitrogen and oxygen atoms in total. The number of para-hydroxylation sites is 2. The first kappa shape index (κ1) is 22.9. The number of benzene rings is 2. The number of methoxy groups -OCH3 is 1. The summed E-state index contributed by atoms with van der Waals surface area (Å²) in [6.45, 7) is 7.99. The largest absolute Gasteiger partial charge is 0.496 e. The second-order valence-electron chi connectivity index (χ2n) is 8.20. The van der Waals surface area contributed by atoms with Gasteiger partial charge in [-0.1, -0.05) is 26.0 Å². The van der Waals surface area contributed by atoms with E-state index in [9.17, 15) is 13.2 Å². The van der Waals surface area contributed by atoms with E-state index in [-0.39, 0.29) is 24.4 Å². The van der Waals surface area contributed by atoms with Crippen LogP contribution in [-0.4, -0.2) is 40.3 Å². The summed E-state index contributed by atoms with van der Waals surface area (Å²) in [4.78, 5) is 13.0. The second kappa shape index (κ2) is 8.78. The topological polar surface area (TPSA) is 84.9 Å². The van der Waals surface area contributed by atoms with Crippen molar-refractivity contribution in [1.82, 2.24) is 5.32 Å². The minimum Gasteiger partial charge on any atom is -0.496 e. The molecule has 2 aromatic carbocycles. The SMILES string of the molecule is COc1cc(C)c([C@@H](C)NC(=O)[C@@H]2CN(S(C)(=O)=O)c3ccccc3O2)cc1C(C)C. The summed E-state index contributed by atoms with van der Waals surface area (Å²) < 4.78 is 37.2. The number of nitrogens with zero attached hydrogens (tertiary/aromatic N) is 1. The third-order valence-electron chi connectivity index (χ3n) is 5.49. The maximum Gasteiger partial charge on any atom is 0.263 e. The van der Waals surface area contributed by atoms with Crippen LogP contribution in [0, 0.1) is 6.92 Å². The molecule has 0 radical (unpaired) electrons. The van der Waals surface area contributed by atoms with Gasteiger partial charge in [-0.05, 0) is 60.7 Å². The molecule has 0 unspecified atom stereocenters. The van der Waals surface area contributed by atoms with Crippen LogP contribution in [0.2, 0.25) is 0 Å². The predicted molar refractivity (Wildman–Crippen MR) is 121 cm³/mol. The Balaban J connectivity index is 1.84. The van der Waals surface area contributed by atoms with Crippen LogP contribution >= 0.6 is 0 Å². The molecule has 1 heterocycles. The Morgan fingerprint density at radius 3 is 2.48 bits per heavy atom. The lowest BCUT2D eigenvalue weighted by atomic mass is 9.93. The molecule has 1 aliphatic rings. The average molecular weight is 447 g/mol. The Kier molecular flexibility index (Phi) is 6.50. The zero-order valence-electron chi connectivity index (χ0n) is 18.8. The number of nitrogens with one attached hydrogen (secondary N) is 1. The molecule has 0 fully saturated rings. The number of carbonyl (C=O) groups excluding carboxylic acids is 1. The number of fused-ring (bicyclic) bond motifs is 1. The normalized spacial score (nSPS) is 17.0. The van der Waals surface area contributed by atoms with Crippen LogP contribution in [0.15, 0.2) is 36.4 Å². The minimum absolute atomic E-state index is 0.0762. The fourth-order valence-corrected chi connectivity index (χ4v) is 4.76. The number of rotatable bonds is 6. The summed E-state index contributed by atoms with van der Waals surface area (Å²) in [6.07, 6.45) is 0.177. The molecule has 1 aliphatic heterocycles. The highest BCUT2D eigenvalue weighted by atomic mass is 32.2. The lowest BCUT2D eigenvalue weighted by Crippen LogP contribution is -2.50. The summed E-state index contributed by atoms with van der Waals surface area (Å²) >= 11 is 0. The van der Waals surface area contributed by atoms with Crippen LogP contribution in [0.3, 0.4) is 0 Å². The maximum atomic E-state index is 13.0. The summed E-state index contributed by atoms with van der Waals surface area (Å²) in [5, 5.41) is 2.99. The molecule has 8 heteroatoms. The Morgan fingerprint density at radius 1 is 1.19 bits per heavy atom. The van der Waals surface area contributed by atoms with Crippen molar-refractivity contribution in [3.05, 3.63) is 53.1 Å². The van der Waals surface area contributed by atoms with Crippen molar-refractivity contribution in [2.24, 2.45) is 0 Å². The van der Waals surface area contributed by atoms with Gasteiger partial charge in [0.15, 0.2) is 6.10 Å². The molecular formula is C23H30N2O5S. The highest BCUT2D eigenvalue weighted by molar-refractivity contribution is 7.92. The molecule has 0 saturated heterocycles. The molecule has 31 heavy (non-hydrogen) atoms. The first-order valence-corrected chi connectivity index (χ1v) is 12.1. The van der Waals surface area contributed by atoms with E-state index < -0.39 is 16.1 Å². The van der Waals surface area contributed by atoms with Crippen molar-refractivity contribution in [2.45, 2.75) is 45.8 Å². The zero-order valence-corrected chi connectivity index (χ0v) is 19.6. The van der Waals surface area contributed by atoms with Gasteiger partial charge in [-0.15, -0.1) is 0 Å². The molecular weight excluding hydrogens is 416 g/mol. The Morgan fingerprint density at radius 2 is 1.87 bits per heavy atom. The second-order valence-corrected chi connectivity index (χ2v) is 10.1. The van der Waals surface area contributed by atoms with E-state index >= 15 is 0 Å². The van der Waals surface area contributed by atoms with Gasteiger partial charge in [0, 0.05) is 0 Å². The van der Waals surface area contributed by atoms with E-state index in [0.29, 0.717) is 11.4 Å². The van der Waals surface area contributed by atoms with Crippen molar-refractivity contribution in [3.8, 4) is 11.5 Å². The van der Waals surface area contributed by atoms with E-state index in [1.54, 1.807) is 31.4 Å². The van der Waals surface area contributed by atoms with Crippen molar-refractivity contribution in [2.75, 3.05) is 24.2 Å². The first-order chi connectivity index (χ1) is 14.5. The molecule has 0 saturated carbocycles. The minimum atomic E-state index is -3.56. The van der Waals surface area contributed by atoms with Gasteiger partial charge in [-0.3, -0.25) is 9.10 Å². The molecule has 0 aliphatic carbocycles. The smallest absolute Gasteiger partial charge is 0.263 e. The van der Waals surface area contributed by atoms with Crippen molar-refractivity contribution in [1.29, 1.82) is 0 Å². The fourth-order valence-electron chi connectivity index (χ4n) is 3.85. The van der Waals surface area contributed by atoms with Gasteiger partial charge in [0.2, 0.25) is 10.0 Å². The van der Waals surface area contributed by atoms with E-state index in [1.807, 2.05) is 19.9 Å². The van der Waals surface area contributed by atoms with Crippen molar-refractivity contribution < 1.29 is 22.7 Å². The standard InChI is InChI=1S/C23H30N2O5S/c1-14(2)17-12-18(15(3)11-21(17)29-5)16(4)24-23(26)22-13-25(31(6,27)28)19-9-7-8-10-20(19)30-22/h7-12,14,16,22H,13H2,1-6H3,(H,24,26)/t16-,22+/m1/s1. The van der Waals surface area contributed by atoms with Gasteiger partial charge in [-0.25, -0.2) is 8.42 Å². The lowest BCUT2D eigenvalue weighted by Gasteiger charge is -2.34. The molecule has 0 aromatic heterocycles. The molecule has 0 spiro atoms. The van der Waals surface area contributed by atoms with Gasteiger partial charge >= 0.3 is 0 Å². The molecule has 3 rings (SSSR count). The van der Waals surface area contributed by atoms with E-state index in [0.717, 1.165) is 28.7 Å². The first-order valence-electron chi connectivity index (χ1n) is 10.2. The van der Waals surface area contributed by atoms with E-state index in [4.69, 9.17) is 9.47 Å². The number of sulfonamides is 1. The molecule has 0 bridgehead atoms. The number of hydrogen-bond acceptors (Lipinski definition) is 5. The number of hydrogen-bond donors (Lipinski definition) is 1. The predicted octanol–water partition coefficient (Wildman–Crippen LogP) is 3.53. The van der Waals surface area contributed by atoms with Crippen LogP contribution in [-0.2, 0) is 14.8 Å². The lowest BCUT2D eigenvalue weighted by molar-refractivity contribution is -0.128. The van der Waals surface area contributed by atoms with Crippen LogP contribution in [0.1, 0.15) is 49.4 Å². The van der Waals surface area contributed by atoms with Gasteiger partial charge in [0.1, 0.15) is 11.5 Å². The molecule has 2 atom stereocenters. The number of carbonyl (C=O) groups is 1. The monoisotopic (exact) mass is 446 g/mol. The van der Waals surface area contributed by atoms with Crippen LogP contribution in [0.5, 0.6) is 11.5 Å². The Hall–Kier alpha value is -2.74.